The molecule has 0 saturated heterocycles. The van der Waals surface area contributed by atoms with Gasteiger partial charge < -0.3 is 10.6 Å². The van der Waals surface area contributed by atoms with Crippen molar-refractivity contribution in [2.45, 2.75) is 0 Å². The van der Waals surface area contributed by atoms with Gasteiger partial charge in [-0.15, -0.1) is 11.3 Å². The Morgan fingerprint density at radius 3 is 2.31 bits per heavy atom. The Balaban J connectivity index is 1.82. The summed E-state index contributed by atoms with van der Waals surface area (Å²) in [5, 5.41) is 7.94. The van der Waals surface area contributed by atoms with Gasteiger partial charge in [-0.3, -0.25) is 9.59 Å². The topological polar surface area (TPSA) is 58.2 Å². The molecule has 0 atom stereocenters. The molecular formula is C20H15ClN2O2S. The van der Waals surface area contributed by atoms with E-state index in [2.05, 4.69) is 10.6 Å². The highest BCUT2D eigenvalue weighted by molar-refractivity contribution is 7.10. The van der Waals surface area contributed by atoms with Gasteiger partial charge in [-0.25, -0.2) is 0 Å². The van der Waals surface area contributed by atoms with E-state index in [9.17, 15) is 9.59 Å². The van der Waals surface area contributed by atoms with Gasteiger partial charge in [0, 0.05) is 21.2 Å². The maximum absolute atomic E-state index is 12.7. The number of carbonyl (C=O) groups excluding carboxylic acids is 2. The molecule has 3 aromatic rings. The molecule has 26 heavy (non-hydrogen) atoms. The number of rotatable bonds is 5. The van der Waals surface area contributed by atoms with Gasteiger partial charge in [0.2, 0.25) is 0 Å². The Kier molecular flexibility index (Phi) is 5.84. The van der Waals surface area contributed by atoms with Crippen LogP contribution in [0.25, 0.3) is 6.08 Å². The summed E-state index contributed by atoms with van der Waals surface area (Å²) in [6.45, 7) is 0. The molecule has 0 unspecified atom stereocenters. The molecule has 6 heteroatoms. The number of hydrogen-bond donors (Lipinski definition) is 2. The smallest absolute Gasteiger partial charge is 0.272 e. The summed E-state index contributed by atoms with van der Waals surface area (Å²) in [6.07, 6.45) is 1.65. The molecule has 130 valence electrons. The summed E-state index contributed by atoms with van der Waals surface area (Å²) in [5.74, 6) is -0.760. The number of amides is 2. The average molecular weight is 383 g/mol. The third-order valence-electron chi connectivity index (χ3n) is 3.46. The zero-order valence-corrected chi connectivity index (χ0v) is 15.2. The summed E-state index contributed by atoms with van der Waals surface area (Å²) in [7, 11) is 0. The molecule has 3 rings (SSSR count). The third-order valence-corrected chi connectivity index (χ3v) is 4.53. The van der Waals surface area contributed by atoms with Crippen molar-refractivity contribution in [3.8, 4) is 0 Å². The molecular weight excluding hydrogens is 368 g/mol. The van der Waals surface area contributed by atoms with Gasteiger partial charge in [-0.1, -0.05) is 35.9 Å². The van der Waals surface area contributed by atoms with E-state index < -0.39 is 5.91 Å². The zero-order valence-electron chi connectivity index (χ0n) is 13.6. The molecule has 0 fully saturated rings. The van der Waals surface area contributed by atoms with E-state index in [-0.39, 0.29) is 11.6 Å². The van der Waals surface area contributed by atoms with Crippen molar-refractivity contribution >= 4 is 46.5 Å². The summed E-state index contributed by atoms with van der Waals surface area (Å²) >= 11 is 7.34. The van der Waals surface area contributed by atoms with E-state index in [1.54, 1.807) is 54.6 Å². The minimum atomic E-state index is -0.412. The standard InChI is InChI=1S/C20H15ClN2O2S/c21-15-8-10-16(11-9-15)22-20(25)18(13-17-7-4-12-26-17)23-19(24)14-5-2-1-3-6-14/h1-13H,(H,22,25)(H,23,24)/b18-13-. The number of hydrogen-bond acceptors (Lipinski definition) is 3. The van der Waals surface area contributed by atoms with Gasteiger partial charge in [0.15, 0.2) is 0 Å². The van der Waals surface area contributed by atoms with Crippen LogP contribution in [0.2, 0.25) is 5.02 Å². The van der Waals surface area contributed by atoms with Gasteiger partial charge in [-0.05, 0) is 53.9 Å². The van der Waals surface area contributed by atoms with E-state index in [0.717, 1.165) is 4.88 Å². The van der Waals surface area contributed by atoms with Crippen LogP contribution in [0.1, 0.15) is 15.2 Å². The van der Waals surface area contributed by atoms with Crippen molar-refractivity contribution in [3.63, 3.8) is 0 Å². The van der Waals surface area contributed by atoms with Crippen molar-refractivity contribution in [2.75, 3.05) is 5.32 Å². The Labute approximate surface area is 160 Å². The first-order chi connectivity index (χ1) is 12.6. The van der Waals surface area contributed by atoms with Crippen LogP contribution in [0, 0.1) is 0 Å². The van der Waals surface area contributed by atoms with Crippen LogP contribution >= 0.6 is 22.9 Å². The normalized spacial score (nSPS) is 11.0. The molecule has 1 aromatic heterocycles. The molecule has 2 aromatic carbocycles. The summed E-state index contributed by atoms with van der Waals surface area (Å²) in [6, 6.07) is 19.3. The summed E-state index contributed by atoms with van der Waals surface area (Å²) in [4.78, 5) is 26.0. The SMILES string of the molecule is O=C(Nc1ccc(Cl)cc1)/C(=C/c1cccs1)NC(=O)c1ccccc1. The predicted octanol–water partition coefficient (Wildman–Crippen LogP) is 4.81. The van der Waals surface area contributed by atoms with E-state index >= 15 is 0 Å². The maximum Gasteiger partial charge on any atom is 0.272 e. The highest BCUT2D eigenvalue weighted by atomic mass is 35.5. The molecule has 0 radical (unpaired) electrons. The molecule has 0 aliphatic rings. The number of nitrogens with one attached hydrogen (secondary N) is 2. The van der Waals surface area contributed by atoms with Gasteiger partial charge >= 0.3 is 0 Å². The third kappa shape index (κ3) is 4.81. The number of carbonyl (C=O) groups is 2. The largest absolute Gasteiger partial charge is 0.321 e. The number of halogens is 1. The Hall–Kier alpha value is -2.89. The molecule has 0 spiro atoms. The van der Waals surface area contributed by atoms with Gasteiger partial charge in [-0.2, -0.15) is 0 Å². The van der Waals surface area contributed by atoms with Gasteiger partial charge in [0.1, 0.15) is 5.70 Å². The zero-order chi connectivity index (χ0) is 18.4. The number of benzene rings is 2. The molecule has 4 nitrogen and oxygen atoms in total. The molecule has 0 aliphatic carbocycles. The molecule has 1 heterocycles. The fourth-order valence-corrected chi connectivity index (χ4v) is 2.97. The van der Waals surface area contributed by atoms with Crippen LogP contribution in [0.3, 0.4) is 0 Å². The van der Waals surface area contributed by atoms with E-state index in [1.807, 2.05) is 23.6 Å². The monoisotopic (exact) mass is 382 g/mol. The molecule has 2 amide bonds. The average Bonchev–Trinajstić information content (AvgIpc) is 3.17. The first-order valence-electron chi connectivity index (χ1n) is 7.80. The van der Waals surface area contributed by atoms with Crippen molar-refractivity contribution in [1.82, 2.24) is 5.32 Å². The number of thiophene rings is 1. The highest BCUT2D eigenvalue weighted by Gasteiger charge is 2.15. The number of anilines is 1. The van der Waals surface area contributed by atoms with E-state index in [4.69, 9.17) is 11.6 Å². The lowest BCUT2D eigenvalue weighted by atomic mass is 10.2. The summed E-state index contributed by atoms with van der Waals surface area (Å²) < 4.78 is 0. The molecule has 0 bridgehead atoms. The van der Waals surface area contributed by atoms with Crippen molar-refractivity contribution < 1.29 is 9.59 Å². The fourth-order valence-electron chi connectivity index (χ4n) is 2.19. The molecule has 2 N–H and O–H groups in total. The minimum absolute atomic E-state index is 0.163. The van der Waals surface area contributed by atoms with Gasteiger partial charge in [0.25, 0.3) is 11.8 Å². The van der Waals surface area contributed by atoms with Crippen molar-refractivity contribution in [3.05, 3.63) is 93.3 Å². The van der Waals surface area contributed by atoms with Gasteiger partial charge in [0.05, 0.1) is 0 Å². The first kappa shape index (κ1) is 17.9. The Morgan fingerprint density at radius 1 is 0.923 bits per heavy atom. The van der Waals surface area contributed by atoms with Crippen LogP contribution < -0.4 is 10.6 Å². The Bertz CT molecular complexity index is 920. The molecule has 0 saturated carbocycles. The maximum atomic E-state index is 12.7. The predicted molar refractivity (Wildman–Crippen MR) is 106 cm³/mol. The second-order valence-corrected chi connectivity index (χ2v) is 6.77. The lowest BCUT2D eigenvalue weighted by Crippen LogP contribution is -2.30. The van der Waals surface area contributed by atoms with Crippen molar-refractivity contribution in [2.24, 2.45) is 0 Å². The van der Waals surface area contributed by atoms with E-state index in [0.29, 0.717) is 16.3 Å². The first-order valence-corrected chi connectivity index (χ1v) is 9.06. The quantitative estimate of drug-likeness (QED) is 0.622. The van der Waals surface area contributed by atoms with Crippen LogP contribution in [0.5, 0.6) is 0 Å². The van der Waals surface area contributed by atoms with Crippen LogP contribution in [-0.4, -0.2) is 11.8 Å². The minimum Gasteiger partial charge on any atom is -0.321 e. The van der Waals surface area contributed by atoms with Crippen LogP contribution in [0.4, 0.5) is 5.69 Å². The van der Waals surface area contributed by atoms with E-state index in [1.165, 1.54) is 11.3 Å². The van der Waals surface area contributed by atoms with Crippen LogP contribution in [-0.2, 0) is 4.79 Å². The Morgan fingerprint density at radius 2 is 1.65 bits per heavy atom. The molecule has 0 aliphatic heterocycles. The summed E-state index contributed by atoms with van der Waals surface area (Å²) in [5.41, 5.74) is 1.23. The fraction of sp³-hybridized carbons (Fsp3) is 0. The second kappa shape index (κ2) is 8.47. The lowest BCUT2D eigenvalue weighted by Gasteiger charge is -2.11. The lowest BCUT2D eigenvalue weighted by molar-refractivity contribution is -0.113. The van der Waals surface area contributed by atoms with Crippen molar-refractivity contribution in [1.29, 1.82) is 0 Å². The second-order valence-electron chi connectivity index (χ2n) is 5.35. The van der Waals surface area contributed by atoms with Crippen LogP contribution in [0.15, 0.2) is 77.8 Å². The highest BCUT2D eigenvalue weighted by Crippen LogP contribution is 2.16.